The van der Waals surface area contributed by atoms with Crippen molar-refractivity contribution in [3.05, 3.63) is 39.3 Å². The highest BCUT2D eigenvalue weighted by molar-refractivity contribution is 7.11. The summed E-state index contributed by atoms with van der Waals surface area (Å²) in [6.07, 6.45) is 0. The van der Waals surface area contributed by atoms with Crippen molar-refractivity contribution in [1.82, 2.24) is 10.3 Å². The third-order valence-corrected chi connectivity index (χ3v) is 4.41. The van der Waals surface area contributed by atoms with E-state index in [9.17, 15) is 4.79 Å². The van der Waals surface area contributed by atoms with Crippen molar-refractivity contribution in [1.29, 1.82) is 0 Å². The van der Waals surface area contributed by atoms with Crippen LogP contribution in [0.1, 0.15) is 38.9 Å². The number of amides is 1. The van der Waals surface area contributed by atoms with Gasteiger partial charge in [0.1, 0.15) is 5.75 Å². The molecule has 0 radical (unpaired) electrons. The van der Waals surface area contributed by atoms with Gasteiger partial charge in [-0.05, 0) is 32.9 Å². The summed E-state index contributed by atoms with van der Waals surface area (Å²) in [7, 11) is 1.52. The number of ether oxygens (including phenoxy) is 1. The number of nitrogens with one attached hydrogen (secondary N) is 1. The molecule has 21 heavy (non-hydrogen) atoms. The maximum Gasteiger partial charge on any atom is 0.255 e. The zero-order valence-corrected chi connectivity index (χ0v) is 13.4. The molecule has 0 aliphatic carbocycles. The van der Waals surface area contributed by atoms with Crippen LogP contribution in [0.25, 0.3) is 0 Å². The lowest BCUT2D eigenvalue weighted by atomic mass is 10.1. The smallest absolute Gasteiger partial charge is 0.255 e. The molecule has 112 valence electrons. The van der Waals surface area contributed by atoms with Crippen LogP contribution in [0.15, 0.2) is 18.2 Å². The van der Waals surface area contributed by atoms with Crippen molar-refractivity contribution in [2.45, 2.75) is 26.8 Å². The first kappa shape index (κ1) is 15.3. The summed E-state index contributed by atoms with van der Waals surface area (Å²) in [4.78, 5) is 17.8. The van der Waals surface area contributed by atoms with Gasteiger partial charge in [-0.2, -0.15) is 0 Å². The lowest BCUT2D eigenvalue weighted by molar-refractivity contribution is 0.0937. The first-order valence-electron chi connectivity index (χ1n) is 6.60. The molecule has 6 heteroatoms. The van der Waals surface area contributed by atoms with Gasteiger partial charge in [0.15, 0.2) is 0 Å². The molecule has 0 aliphatic rings. The Balaban J connectivity index is 2.20. The highest BCUT2D eigenvalue weighted by atomic mass is 32.1. The fraction of sp³-hybridized carbons (Fsp3) is 0.333. The van der Waals surface area contributed by atoms with Gasteiger partial charge >= 0.3 is 0 Å². The molecule has 2 rings (SSSR count). The standard InChI is InChI=1S/C15H19N3O2S/c1-8-14(21-10(3)17-8)9(2)18-15(19)12-6-5-11(16)7-13(12)20-4/h5-7,9H,16H2,1-4H3,(H,18,19). The third kappa shape index (κ3) is 3.33. The van der Waals surface area contributed by atoms with Crippen LogP contribution in [0.4, 0.5) is 5.69 Å². The number of hydrogen-bond donors (Lipinski definition) is 2. The number of anilines is 1. The predicted octanol–water partition coefficient (Wildman–Crippen LogP) is 2.84. The molecule has 1 amide bonds. The summed E-state index contributed by atoms with van der Waals surface area (Å²) >= 11 is 1.59. The van der Waals surface area contributed by atoms with Gasteiger partial charge in [-0.15, -0.1) is 11.3 Å². The molecule has 2 aromatic rings. The number of thiazole rings is 1. The Bertz CT molecular complexity index is 667. The number of aromatic nitrogens is 1. The van der Waals surface area contributed by atoms with Gasteiger partial charge in [0.2, 0.25) is 0 Å². The quantitative estimate of drug-likeness (QED) is 0.852. The van der Waals surface area contributed by atoms with Crippen LogP contribution in [-0.4, -0.2) is 18.0 Å². The van der Waals surface area contributed by atoms with Crippen LogP contribution in [0.5, 0.6) is 5.75 Å². The van der Waals surface area contributed by atoms with Crippen LogP contribution >= 0.6 is 11.3 Å². The predicted molar refractivity (Wildman–Crippen MR) is 84.9 cm³/mol. The number of benzene rings is 1. The lowest BCUT2D eigenvalue weighted by Crippen LogP contribution is -2.27. The molecule has 1 aromatic carbocycles. The number of hydrogen-bond acceptors (Lipinski definition) is 5. The summed E-state index contributed by atoms with van der Waals surface area (Å²) in [5.41, 5.74) is 7.68. The Kier molecular flexibility index (Phi) is 4.47. The van der Waals surface area contributed by atoms with Gasteiger partial charge in [-0.3, -0.25) is 4.79 Å². The zero-order chi connectivity index (χ0) is 15.6. The zero-order valence-electron chi connectivity index (χ0n) is 12.6. The van der Waals surface area contributed by atoms with Gasteiger partial charge in [0, 0.05) is 16.6 Å². The molecule has 1 atom stereocenters. The maximum absolute atomic E-state index is 12.4. The highest BCUT2D eigenvalue weighted by Crippen LogP contribution is 2.26. The van der Waals surface area contributed by atoms with Gasteiger partial charge in [0.05, 0.1) is 29.4 Å². The fourth-order valence-electron chi connectivity index (χ4n) is 2.18. The molecule has 0 bridgehead atoms. The van der Waals surface area contributed by atoms with Crippen LogP contribution in [0.2, 0.25) is 0 Å². The van der Waals surface area contributed by atoms with Gasteiger partial charge in [-0.1, -0.05) is 0 Å². The second-order valence-corrected chi connectivity index (χ2v) is 6.07. The van der Waals surface area contributed by atoms with Crippen LogP contribution in [0.3, 0.4) is 0 Å². The number of nitrogen functional groups attached to an aromatic ring is 1. The molecule has 0 spiro atoms. The Morgan fingerprint density at radius 2 is 2.14 bits per heavy atom. The minimum Gasteiger partial charge on any atom is -0.496 e. The number of nitrogens with zero attached hydrogens (tertiary/aromatic N) is 1. The number of carbonyl (C=O) groups excluding carboxylic acids is 1. The largest absolute Gasteiger partial charge is 0.496 e. The fourth-order valence-corrected chi connectivity index (χ4v) is 3.11. The van der Waals surface area contributed by atoms with Crippen molar-refractivity contribution in [2.75, 3.05) is 12.8 Å². The second-order valence-electron chi connectivity index (χ2n) is 4.84. The van der Waals surface area contributed by atoms with Crippen molar-refractivity contribution in [3.8, 4) is 5.75 Å². The third-order valence-electron chi connectivity index (χ3n) is 3.15. The summed E-state index contributed by atoms with van der Waals surface area (Å²) in [6, 6.07) is 4.89. The topological polar surface area (TPSA) is 77.2 Å². The Labute approximate surface area is 128 Å². The lowest BCUT2D eigenvalue weighted by Gasteiger charge is -2.15. The minimum absolute atomic E-state index is 0.106. The molecule has 1 heterocycles. The van der Waals surface area contributed by atoms with Gasteiger partial charge in [0.25, 0.3) is 5.91 Å². The van der Waals surface area contributed by atoms with E-state index >= 15 is 0 Å². The summed E-state index contributed by atoms with van der Waals surface area (Å²) in [6.45, 7) is 5.85. The van der Waals surface area contributed by atoms with E-state index in [0.717, 1.165) is 15.6 Å². The first-order chi connectivity index (χ1) is 9.92. The molecule has 0 fully saturated rings. The first-order valence-corrected chi connectivity index (χ1v) is 7.42. The number of methoxy groups -OCH3 is 1. The van der Waals surface area contributed by atoms with Gasteiger partial charge < -0.3 is 15.8 Å². The molecule has 0 saturated heterocycles. The van der Waals surface area contributed by atoms with Crippen molar-refractivity contribution < 1.29 is 9.53 Å². The maximum atomic E-state index is 12.4. The van der Waals surface area contributed by atoms with Crippen LogP contribution in [-0.2, 0) is 0 Å². The van der Waals surface area contributed by atoms with Crippen molar-refractivity contribution in [3.63, 3.8) is 0 Å². The number of nitrogens with two attached hydrogens (primary N) is 1. The van der Waals surface area contributed by atoms with E-state index in [0.29, 0.717) is 17.0 Å². The Morgan fingerprint density at radius 1 is 1.43 bits per heavy atom. The highest BCUT2D eigenvalue weighted by Gasteiger charge is 2.18. The van der Waals surface area contributed by atoms with E-state index in [4.69, 9.17) is 10.5 Å². The molecular formula is C15H19N3O2S. The van der Waals surface area contributed by atoms with E-state index in [1.165, 1.54) is 7.11 Å². The van der Waals surface area contributed by atoms with E-state index in [2.05, 4.69) is 10.3 Å². The molecular weight excluding hydrogens is 286 g/mol. The summed E-state index contributed by atoms with van der Waals surface area (Å²) in [5, 5.41) is 3.97. The average Bonchev–Trinajstić information content (AvgIpc) is 2.77. The summed E-state index contributed by atoms with van der Waals surface area (Å²) < 4.78 is 5.21. The van der Waals surface area contributed by atoms with E-state index in [1.807, 2.05) is 20.8 Å². The van der Waals surface area contributed by atoms with Crippen molar-refractivity contribution >= 4 is 22.9 Å². The molecule has 0 aliphatic heterocycles. The molecule has 5 nitrogen and oxygen atoms in total. The van der Waals surface area contributed by atoms with E-state index in [-0.39, 0.29) is 11.9 Å². The van der Waals surface area contributed by atoms with Crippen LogP contribution < -0.4 is 15.8 Å². The SMILES string of the molecule is COc1cc(N)ccc1C(=O)NC(C)c1sc(C)nc1C. The average molecular weight is 305 g/mol. The van der Waals surface area contributed by atoms with Crippen molar-refractivity contribution in [2.24, 2.45) is 0 Å². The monoisotopic (exact) mass is 305 g/mol. The number of aryl methyl sites for hydroxylation is 2. The second kappa shape index (κ2) is 6.13. The number of rotatable bonds is 4. The molecule has 1 unspecified atom stereocenters. The molecule has 0 saturated carbocycles. The Hall–Kier alpha value is -2.08. The van der Waals surface area contributed by atoms with E-state index < -0.39 is 0 Å². The molecule has 3 N–H and O–H groups in total. The Morgan fingerprint density at radius 3 is 2.71 bits per heavy atom. The number of carbonyl (C=O) groups is 1. The van der Waals surface area contributed by atoms with Crippen LogP contribution in [0, 0.1) is 13.8 Å². The minimum atomic E-state index is -0.190. The van der Waals surface area contributed by atoms with Gasteiger partial charge in [-0.25, -0.2) is 4.98 Å². The normalized spacial score (nSPS) is 12.0. The summed E-state index contributed by atoms with van der Waals surface area (Å²) in [5.74, 6) is 0.279. The molecule has 1 aromatic heterocycles. The van der Waals surface area contributed by atoms with E-state index in [1.54, 1.807) is 29.5 Å².